The highest BCUT2D eigenvalue weighted by molar-refractivity contribution is 6.09. The van der Waals surface area contributed by atoms with Crippen LogP contribution in [-0.2, 0) is 4.79 Å². The van der Waals surface area contributed by atoms with E-state index < -0.39 is 11.7 Å². The van der Waals surface area contributed by atoms with E-state index in [0.717, 1.165) is 0 Å². The number of halogens is 1. The van der Waals surface area contributed by atoms with E-state index >= 15 is 0 Å². The highest BCUT2D eigenvalue weighted by Crippen LogP contribution is 2.37. The Labute approximate surface area is 182 Å². The van der Waals surface area contributed by atoms with Crippen molar-refractivity contribution in [3.63, 3.8) is 0 Å². The molecule has 4 rings (SSSR count). The summed E-state index contributed by atoms with van der Waals surface area (Å²) in [5.74, 6) is -0.118. The number of benzene rings is 3. The van der Waals surface area contributed by atoms with Crippen LogP contribution in [0.5, 0.6) is 17.2 Å². The first-order chi connectivity index (χ1) is 15.4. The number of carbonyl (C=O) groups is 3. The van der Waals surface area contributed by atoms with Crippen LogP contribution >= 0.6 is 0 Å². The molecule has 1 amide bonds. The Balaban J connectivity index is 1.38. The van der Waals surface area contributed by atoms with Gasteiger partial charge in [-0.3, -0.25) is 14.4 Å². The summed E-state index contributed by atoms with van der Waals surface area (Å²) < 4.78 is 29.1. The number of hydrogen-bond donors (Lipinski definition) is 1. The molecule has 32 heavy (non-hydrogen) atoms. The molecule has 0 spiro atoms. The average Bonchev–Trinajstić information content (AvgIpc) is 3.25. The topological polar surface area (TPSA) is 90.9 Å². The Morgan fingerprint density at radius 3 is 2.16 bits per heavy atom. The molecule has 0 aromatic heterocycles. The molecule has 0 saturated carbocycles. The van der Waals surface area contributed by atoms with Crippen LogP contribution < -0.4 is 19.5 Å². The number of ether oxygens (including phenoxy) is 3. The van der Waals surface area contributed by atoms with E-state index in [-0.39, 0.29) is 25.0 Å². The second-order valence-electron chi connectivity index (χ2n) is 7.00. The number of nitrogens with one attached hydrogen (secondary N) is 1. The van der Waals surface area contributed by atoms with Crippen LogP contribution in [0.2, 0.25) is 0 Å². The Morgan fingerprint density at radius 2 is 1.53 bits per heavy atom. The van der Waals surface area contributed by atoms with Gasteiger partial charge in [-0.1, -0.05) is 0 Å². The smallest absolute Gasteiger partial charge is 0.262 e. The molecular formula is C24H18FNO6. The summed E-state index contributed by atoms with van der Waals surface area (Å²) in [6, 6.07) is 14.6. The predicted octanol–water partition coefficient (Wildman–Crippen LogP) is 4.01. The molecule has 1 aliphatic heterocycles. The van der Waals surface area contributed by atoms with Crippen molar-refractivity contribution in [2.75, 3.05) is 18.7 Å². The Bertz CT molecular complexity index is 1190. The fourth-order valence-electron chi connectivity index (χ4n) is 3.14. The number of hydrogen-bond acceptors (Lipinski definition) is 6. The minimum Gasteiger partial charge on any atom is -0.484 e. The molecule has 0 saturated heterocycles. The number of amides is 1. The van der Waals surface area contributed by atoms with Gasteiger partial charge in [-0.05, 0) is 61.5 Å². The molecule has 1 N–H and O–H groups in total. The second-order valence-corrected chi connectivity index (χ2v) is 7.00. The van der Waals surface area contributed by atoms with Gasteiger partial charge in [0.25, 0.3) is 5.91 Å². The van der Waals surface area contributed by atoms with Gasteiger partial charge in [0.2, 0.25) is 6.79 Å². The molecule has 0 radical (unpaired) electrons. The molecule has 8 heteroatoms. The fraction of sp³-hybridized carbons (Fsp3) is 0.125. The van der Waals surface area contributed by atoms with Gasteiger partial charge in [-0.25, -0.2) is 4.39 Å². The number of carbonyl (C=O) groups excluding carboxylic acids is 3. The molecule has 1 heterocycles. The van der Waals surface area contributed by atoms with Gasteiger partial charge in [0, 0.05) is 22.8 Å². The van der Waals surface area contributed by atoms with E-state index in [4.69, 9.17) is 14.2 Å². The van der Waals surface area contributed by atoms with Gasteiger partial charge < -0.3 is 19.5 Å². The van der Waals surface area contributed by atoms with E-state index in [1.807, 2.05) is 0 Å². The lowest BCUT2D eigenvalue weighted by molar-refractivity contribution is -0.118. The van der Waals surface area contributed by atoms with E-state index in [2.05, 4.69) is 5.32 Å². The third kappa shape index (κ3) is 4.59. The van der Waals surface area contributed by atoms with Crippen LogP contribution in [0.3, 0.4) is 0 Å². The summed E-state index contributed by atoms with van der Waals surface area (Å²) in [4.78, 5) is 36.7. The monoisotopic (exact) mass is 435 g/mol. The number of Topliss-reactive ketones (excluding diaryl/α,β-unsaturated/α-hetero) is 1. The van der Waals surface area contributed by atoms with Crippen molar-refractivity contribution < 1.29 is 33.0 Å². The molecule has 0 bridgehead atoms. The standard InChI is InChI=1S/C24H18FNO6/c1-14(27)19-10-21-22(32-13-31-21)11-20(19)26-23(28)12-30-18-8-4-16(5-9-18)24(29)15-2-6-17(25)7-3-15/h2-11H,12-13H2,1H3,(H,26,28). The molecule has 7 nitrogen and oxygen atoms in total. The molecule has 3 aromatic rings. The first-order valence-electron chi connectivity index (χ1n) is 9.68. The van der Waals surface area contributed by atoms with Crippen LogP contribution in [0.15, 0.2) is 60.7 Å². The van der Waals surface area contributed by atoms with Crippen molar-refractivity contribution in [1.82, 2.24) is 0 Å². The van der Waals surface area contributed by atoms with Crippen LogP contribution in [0, 0.1) is 5.82 Å². The van der Waals surface area contributed by atoms with Crippen molar-refractivity contribution in [2.45, 2.75) is 6.92 Å². The average molecular weight is 435 g/mol. The van der Waals surface area contributed by atoms with Gasteiger partial charge >= 0.3 is 0 Å². The zero-order chi connectivity index (χ0) is 22.7. The molecule has 0 atom stereocenters. The van der Waals surface area contributed by atoms with Crippen LogP contribution in [0.1, 0.15) is 33.2 Å². The normalized spacial score (nSPS) is 11.7. The SMILES string of the molecule is CC(=O)c1cc2c(cc1NC(=O)COc1ccc(C(=O)c3ccc(F)cc3)cc1)OCO2. The molecular weight excluding hydrogens is 417 g/mol. The maximum absolute atomic E-state index is 13.0. The third-order valence-corrected chi connectivity index (χ3v) is 4.76. The van der Waals surface area contributed by atoms with Crippen molar-refractivity contribution in [3.05, 3.63) is 83.2 Å². The Hall–Kier alpha value is -4.20. The van der Waals surface area contributed by atoms with Gasteiger partial charge in [0.1, 0.15) is 11.6 Å². The van der Waals surface area contributed by atoms with E-state index in [9.17, 15) is 18.8 Å². The molecule has 0 aliphatic carbocycles. The first-order valence-corrected chi connectivity index (χ1v) is 9.68. The lowest BCUT2D eigenvalue weighted by Gasteiger charge is -2.11. The largest absolute Gasteiger partial charge is 0.484 e. The molecule has 0 unspecified atom stereocenters. The molecule has 0 fully saturated rings. The van der Waals surface area contributed by atoms with Crippen LogP contribution in [-0.4, -0.2) is 30.9 Å². The quantitative estimate of drug-likeness (QED) is 0.564. The van der Waals surface area contributed by atoms with Crippen molar-refractivity contribution in [1.29, 1.82) is 0 Å². The zero-order valence-corrected chi connectivity index (χ0v) is 17.0. The number of ketones is 2. The Morgan fingerprint density at radius 1 is 0.938 bits per heavy atom. The van der Waals surface area contributed by atoms with Crippen molar-refractivity contribution in [3.8, 4) is 17.2 Å². The lowest BCUT2D eigenvalue weighted by atomic mass is 10.0. The summed E-state index contributed by atoms with van der Waals surface area (Å²) in [5.41, 5.74) is 1.37. The summed E-state index contributed by atoms with van der Waals surface area (Å²) in [5, 5.41) is 2.64. The highest BCUT2D eigenvalue weighted by atomic mass is 19.1. The maximum atomic E-state index is 13.0. The first kappa shape index (κ1) is 21.0. The third-order valence-electron chi connectivity index (χ3n) is 4.76. The fourth-order valence-corrected chi connectivity index (χ4v) is 3.14. The molecule has 162 valence electrons. The summed E-state index contributed by atoms with van der Waals surface area (Å²) in [7, 11) is 0. The summed E-state index contributed by atoms with van der Waals surface area (Å²) in [6.07, 6.45) is 0. The van der Waals surface area contributed by atoms with Gasteiger partial charge in [-0.15, -0.1) is 0 Å². The number of anilines is 1. The lowest BCUT2D eigenvalue weighted by Crippen LogP contribution is -2.21. The number of rotatable bonds is 7. The molecule has 3 aromatic carbocycles. The van der Waals surface area contributed by atoms with E-state index in [1.54, 1.807) is 24.3 Å². The highest BCUT2D eigenvalue weighted by Gasteiger charge is 2.20. The van der Waals surface area contributed by atoms with Gasteiger partial charge in [0.15, 0.2) is 29.7 Å². The number of fused-ring (bicyclic) bond motifs is 1. The van der Waals surface area contributed by atoms with Gasteiger partial charge in [0.05, 0.1) is 5.69 Å². The second kappa shape index (κ2) is 8.89. The minimum absolute atomic E-state index is 0.0485. The van der Waals surface area contributed by atoms with Gasteiger partial charge in [-0.2, -0.15) is 0 Å². The summed E-state index contributed by atoms with van der Waals surface area (Å²) in [6.45, 7) is 1.13. The van der Waals surface area contributed by atoms with E-state index in [1.165, 1.54) is 43.3 Å². The summed E-state index contributed by atoms with van der Waals surface area (Å²) >= 11 is 0. The van der Waals surface area contributed by atoms with Crippen molar-refractivity contribution >= 4 is 23.2 Å². The van der Waals surface area contributed by atoms with Crippen LogP contribution in [0.25, 0.3) is 0 Å². The Kier molecular flexibility index (Phi) is 5.85. The van der Waals surface area contributed by atoms with Crippen LogP contribution in [0.4, 0.5) is 10.1 Å². The maximum Gasteiger partial charge on any atom is 0.262 e. The van der Waals surface area contributed by atoms with E-state index in [0.29, 0.717) is 39.6 Å². The predicted molar refractivity (Wildman–Crippen MR) is 113 cm³/mol. The zero-order valence-electron chi connectivity index (χ0n) is 17.0. The van der Waals surface area contributed by atoms with Crippen molar-refractivity contribution in [2.24, 2.45) is 0 Å². The molecule has 1 aliphatic rings. The minimum atomic E-state index is -0.474.